The molecule has 4 rings (SSSR count). The van der Waals surface area contributed by atoms with Gasteiger partial charge in [-0.15, -0.1) is 15.9 Å². The minimum absolute atomic E-state index is 0.00242. The van der Waals surface area contributed by atoms with Crippen molar-refractivity contribution in [1.29, 1.82) is 0 Å². The first kappa shape index (κ1) is 27.1. The van der Waals surface area contributed by atoms with Crippen molar-refractivity contribution in [2.45, 2.75) is 76.5 Å². The number of aliphatic carboxylic acids is 1. The molecule has 2 heterocycles. The molecule has 9 nitrogen and oxygen atoms in total. The lowest BCUT2D eigenvalue weighted by molar-refractivity contribution is -0.137. The molecule has 2 aromatic carbocycles. The van der Waals surface area contributed by atoms with E-state index in [1.807, 2.05) is 51.2 Å². The summed E-state index contributed by atoms with van der Waals surface area (Å²) in [6.07, 6.45) is 3.68. The van der Waals surface area contributed by atoms with Crippen LogP contribution in [0.25, 0.3) is 0 Å². The first-order chi connectivity index (χ1) is 17.7. The van der Waals surface area contributed by atoms with Crippen molar-refractivity contribution >= 4 is 16.7 Å². The molecule has 3 N–H and O–H groups in total. The van der Waals surface area contributed by atoms with Gasteiger partial charge < -0.3 is 9.84 Å². The number of hydrogen-bond donors (Lipinski definition) is 3. The van der Waals surface area contributed by atoms with E-state index in [1.165, 1.54) is 0 Å². The summed E-state index contributed by atoms with van der Waals surface area (Å²) in [4.78, 5) is 12.1. The second-order valence-corrected chi connectivity index (χ2v) is 11.5. The molecule has 0 radical (unpaired) electrons. The Hall–Kier alpha value is -2.92. The lowest BCUT2D eigenvalue weighted by atomic mass is 9.88. The Bertz CT molecular complexity index is 1230. The maximum Gasteiger partial charge on any atom is 0.303 e. The summed E-state index contributed by atoms with van der Waals surface area (Å²) in [5.41, 5.74) is 3.69. The topological polar surface area (TPSA) is 121 Å². The molecule has 0 saturated carbocycles. The molecule has 0 spiro atoms. The van der Waals surface area contributed by atoms with Gasteiger partial charge in [-0.1, -0.05) is 42.5 Å². The normalized spacial score (nSPS) is 18.9. The fourth-order valence-electron chi connectivity index (χ4n) is 4.66. The summed E-state index contributed by atoms with van der Waals surface area (Å²) in [7, 11) is -3.28. The highest BCUT2D eigenvalue weighted by atomic mass is 32.3. The van der Waals surface area contributed by atoms with Gasteiger partial charge in [-0.2, -0.15) is 4.31 Å². The second kappa shape index (κ2) is 11.6. The zero-order chi connectivity index (χ0) is 26.6. The molecule has 37 heavy (non-hydrogen) atoms. The van der Waals surface area contributed by atoms with Crippen LogP contribution >= 0.6 is 10.8 Å². The number of hydrogen-bond acceptors (Lipinski definition) is 7. The third kappa shape index (κ3) is 6.32. The molecule has 1 aliphatic heterocycles. The first-order valence-corrected chi connectivity index (χ1v) is 14.2. The Morgan fingerprint density at radius 2 is 2.00 bits per heavy atom. The summed E-state index contributed by atoms with van der Waals surface area (Å²) in [6.45, 7) is 7.40. The second-order valence-electron chi connectivity index (χ2n) is 9.52. The summed E-state index contributed by atoms with van der Waals surface area (Å²) in [5.74, 6) is -0.560. The van der Waals surface area contributed by atoms with E-state index in [0.29, 0.717) is 36.6 Å². The van der Waals surface area contributed by atoms with Gasteiger partial charge in [0, 0.05) is 19.3 Å². The summed E-state index contributed by atoms with van der Waals surface area (Å²) < 4.78 is 32.3. The third-order valence-corrected chi connectivity index (χ3v) is 8.86. The van der Waals surface area contributed by atoms with E-state index in [4.69, 9.17) is 4.74 Å². The van der Waals surface area contributed by atoms with E-state index in [9.17, 15) is 19.0 Å². The van der Waals surface area contributed by atoms with Crippen LogP contribution in [0.4, 0.5) is 0 Å². The van der Waals surface area contributed by atoms with Gasteiger partial charge in [0.15, 0.2) is 0 Å². The van der Waals surface area contributed by atoms with Crippen molar-refractivity contribution in [3.8, 4) is 5.75 Å². The lowest BCUT2D eigenvalue weighted by Gasteiger charge is -2.42. The van der Waals surface area contributed by atoms with Crippen LogP contribution in [0.15, 0.2) is 53.6 Å². The first-order valence-electron chi connectivity index (χ1n) is 12.7. The molecule has 1 aliphatic rings. The number of aromatic nitrogens is 3. The Kier molecular flexibility index (Phi) is 8.53. The maximum absolute atomic E-state index is 11.7. The van der Waals surface area contributed by atoms with Gasteiger partial charge in [-0.05, 0) is 67.9 Å². The zero-order valence-electron chi connectivity index (χ0n) is 21.6. The molecular weight excluding hydrogens is 492 g/mol. The summed E-state index contributed by atoms with van der Waals surface area (Å²) >= 11 is 0. The fraction of sp³-hybridized carbons (Fsp3) is 0.444. The molecule has 0 fully saturated rings. The Morgan fingerprint density at radius 3 is 2.70 bits per heavy atom. The number of rotatable bonds is 10. The van der Waals surface area contributed by atoms with Gasteiger partial charge in [-0.25, -0.2) is 0 Å². The third-order valence-electron chi connectivity index (χ3n) is 6.93. The highest BCUT2D eigenvalue weighted by Gasteiger charge is 2.34. The van der Waals surface area contributed by atoms with Gasteiger partial charge in [0.1, 0.15) is 16.7 Å². The van der Waals surface area contributed by atoms with E-state index in [1.54, 1.807) is 27.2 Å². The van der Waals surface area contributed by atoms with Crippen LogP contribution in [0.3, 0.4) is 0 Å². The largest absolute Gasteiger partial charge is 0.487 e. The standard InChI is InChI=1S/C27H36N4O5S/c1-4-24-18-31(37(34,35)26-9-7-6-8-25(26)36-24)16-22-14-20(11-10-19(22)3)21(15-27(32)33)12-13-23-17-30(5-2)29-28-23/h6-11,14,17,21,24,34-35H,4-5,12-13,15-16,18H2,1-3H3,(H,32,33). The molecule has 2 unspecified atom stereocenters. The number of aryl methyl sites for hydroxylation is 3. The molecular formula is C27H36N4O5S. The van der Waals surface area contributed by atoms with E-state index in [-0.39, 0.29) is 18.4 Å². The van der Waals surface area contributed by atoms with Crippen LogP contribution in [-0.2, 0) is 24.3 Å². The van der Waals surface area contributed by atoms with E-state index in [0.717, 1.165) is 35.3 Å². The van der Waals surface area contributed by atoms with Crippen molar-refractivity contribution in [3.63, 3.8) is 0 Å². The Balaban J connectivity index is 1.60. The minimum atomic E-state index is -3.28. The predicted molar refractivity (Wildman–Crippen MR) is 143 cm³/mol. The van der Waals surface area contributed by atoms with Crippen molar-refractivity contribution in [2.24, 2.45) is 0 Å². The van der Waals surface area contributed by atoms with Gasteiger partial charge in [0.05, 0.1) is 18.7 Å². The smallest absolute Gasteiger partial charge is 0.303 e. The zero-order valence-corrected chi connectivity index (χ0v) is 22.4. The maximum atomic E-state index is 11.7. The minimum Gasteiger partial charge on any atom is -0.487 e. The number of carboxylic acid groups (broad SMARTS) is 1. The molecule has 1 aromatic heterocycles. The highest BCUT2D eigenvalue weighted by Crippen LogP contribution is 2.57. The van der Waals surface area contributed by atoms with Crippen molar-refractivity contribution < 1.29 is 23.7 Å². The Morgan fingerprint density at radius 1 is 1.22 bits per heavy atom. The van der Waals surface area contributed by atoms with Crippen LogP contribution < -0.4 is 4.74 Å². The van der Waals surface area contributed by atoms with Crippen molar-refractivity contribution in [2.75, 3.05) is 6.54 Å². The average molecular weight is 529 g/mol. The molecule has 0 amide bonds. The monoisotopic (exact) mass is 528 g/mol. The number of nitrogens with zero attached hydrogens (tertiary/aromatic N) is 4. The van der Waals surface area contributed by atoms with Crippen LogP contribution in [0.5, 0.6) is 5.75 Å². The molecule has 0 bridgehead atoms. The lowest BCUT2D eigenvalue weighted by Crippen LogP contribution is -2.34. The van der Waals surface area contributed by atoms with E-state index in [2.05, 4.69) is 10.3 Å². The van der Waals surface area contributed by atoms with Crippen molar-refractivity contribution in [3.05, 3.63) is 71.0 Å². The van der Waals surface area contributed by atoms with Crippen molar-refractivity contribution in [1.82, 2.24) is 19.3 Å². The molecule has 0 aliphatic carbocycles. The fourth-order valence-corrected chi connectivity index (χ4v) is 6.28. The molecule has 2 atom stereocenters. The Labute approximate surface area is 219 Å². The molecule has 10 heteroatoms. The van der Waals surface area contributed by atoms with Gasteiger partial charge in [0.2, 0.25) is 0 Å². The predicted octanol–water partition coefficient (Wildman–Crippen LogP) is 5.50. The van der Waals surface area contributed by atoms with Gasteiger partial charge in [-0.3, -0.25) is 18.6 Å². The number of carbonyl (C=O) groups is 1. The SMILES string of the molecule is CCC1CN(Cc2cc(C(CCc3cn(CC)nn3)CC(=O)O)ccc2C)S(O)(O)c2ccccc2O1. The molecule has 0 saturated heterocycles. The number of benzene rings is 2. The summed E-state index contributed by atoms with van der Waals surface area (Å²) in [6, 6.07) is 13.1. The number of fused-ring (bicyclic) bond motifs is 1. The average Bonchev–Trinajstić information content (AvgIpc) is 3.31. The van der Waals surface area contributed by atoms with Crippen LogP contribution in [-0.4, -0.2) is 52.1 Å². The van der Waals surface area contributed by atoms with Gasteiger partial charge in [0.25, 0.3) is 0 Å². The quantitative estimate of drug-likeness (QED) is 0.316. The molecule has 200 valence electrons. The van der Waals surface area contributed by atoms with Crippen LogP contribution in [0.1, 0.15) is 61.4 Å². The highest BCUT2D eigenvalue weighted by molar-refractivity contribution is 8.22. The van der Waals surface area contributed by atoms with Crippen LogP contribution in [0.2, 0.25) is 0 Å². The number of para-hydroxylation sites is 1. The van der Waals surface area contributed by atoms with Gasteiger partial charge >= 0.3 is 5.97 Å². The van der Waals surface area contributed by atoms with E-state index >= 15 is 0 Å². The van der Waals surface area contributed by atoms with E-state index < -0.39 is 16.7 Å². The summed E-state index contributed by atoms with van der Waals surface area (Å²) in [5, 5.41) is 17.9. The van der Waals surface area contributed by atoms with Crippen LogP contribution in [0, 0.1) is 6.92 Å². The number of ether oxygens (including phenoxy) is 1. The molecule has 3 aromatic rings. The number of carboxylic acids is 1.